The van der Waals surface area contributed by atoms with Gasteiger partial charge in [-0.1, -0.05) is 18.2 Å². The summed E-state index contributed by atoms with van der Waals surface area (Å²) in [7, 11) is 4.60. The number of likely N-dealkylation sites (tertiary alicyclic amines) is 1. The van der Waals surface area contributed by atoms with Crippen LogP contribution in [-0.2, 0) is 22.6 Å². The molecular weight excluding hydrogens is 396 g/mol. The second kappa shape index (κ2) is 10.8. The van der Waals surface area contributed by atoms with Crippen molar-refractivity contribution >= 4 is 11.9 Å². The molecular formula is C24H30N2O5. The highest BCUT2D eigenvalue weighted by molar-refractivity contribution is 5.89. The van der Waals surface area contributed by atoms with Crippen LogP contribution in [0.2, 0.25) is 0 Å². The molecule has 0 radical (unpaired) electrons. The van der Waals surface area contributed by atoms with Gasteiger partial charge in [-0.05, 0) is 54.8 Å². The molecule has 1 fully saturated rings. The maximum absolute atomic E-state index is 12.4. The summed E-state index contributed by atoms with van der Waals surface area (Å²) < 4.78 is 15.4. The molecule has 166 valence electrons. The Hall–Kier alpha value is -3.06. The van der Waals surface area contributed by atoms with Gasteiger partial charge in [0.25, 0.3) is 0 Å². The number of hydrogen-bond donors (Lipinski definition) is 1. The van der Waals surface area contributed by atoms with Crippen molar-refractivity contribution in [2.75, 3.05) is 27.9 Å². The lowest BCUT2D eigenvalue weighted by Gasteiger charge is -2.25. The van der Waals surface area contributed by atoms with Crippen LogP contribution in [0.15, 0.2) is 42.5 Å². The van der Waals surface area contributed by atoms with Crippen LogP contribution in [0.5, 0.6) is 11.5 Å². The summed E-state index contributed by atoms with van der Waals surface area (Å²) in [6.07, 6.45) is 2.36. The van der Waals surface area contributed by atoms with Crippen LogP contribution in [0.25, 0.3) is 0 Å². The highest BCUT2D eigenvalue weighted by Gasteiger charge is 2.30. The molecule has 0 bridgehead atoms. The molecule has 31 heavy (non-hydrogen) atoms. The lowest BCUT2D eigenvalue weighted by atomic mass is 10.1. The fraction of sp³-hybridized carbons (Fsp3) is 0.417. The van der Waals surface area contributed by atoms with Crippen LogP contribution in [0.4, 0.5) is 0 Å². The van der Waals surface area contributed by atoms with E-state index >= 15 is 0 Å². The minimum Gasteiger partial charge on any atom is -0.493 e. The summed E-state index contributed by atoms with van der Waals surface area (Å²) in [6.45, 7) is 2.08. The van der Waals surface area contributed by atoms with E-state index in [1.165, 1.54) is 7.11 Å². The lowest BCUT2D eigenvalue weighted by Crippen LogP contribution is -2.34. The molecule has 2 aromatic carbocycles. The van der Waals surface area contributed by atoms with Crippen LogP contribution in [-0.4, -0.2) is 50.7 Å². The second-order valence-electron chi connectivity index (χ2n) is 7.56. The summed E-state index contributed by atoms with van der Waals surface area (Å²) in [6, 6.07) is 13.4. The van der Waals surface area contributed by atoms with Crippen molar-refractivity contribution in [2.24, 2.45) is 0 Å². The third kappa shape index (κ3) is 5.76. The summed E-state index contributed by atoms with van der Waals surface area (Å²) in [5.74, 6) is 1.21. The number of carbonyl (C=O) groups is 2. The number of rotatable bonds is 10. The van der Waals surface area contributed by atoms with Gasteiger partial charge in [-0.2, -0.15) is 0 Å². The molecule has 7 heteroatoms. The van der Waals surface area contributed by atoms with Crippen LogP contribution >= 0.6 is 0 Å². The van der Waals surface area contributed by atoms with Gasteiger partial charge in [-0.25, -0.2) is 4.79 Å². The first-order chi connectivity index (χ1) is 15.0. The molecule has 7 nitrogen and oxygen atoms in total. The Morgan fingerprint density at radius 1 is 1.03 bits per heavy atom. The predicted molar refractivity (Wildman–Crippen MR) is 117 cm³/mol. The molecule has 1 amide bonds. The van der Waals surface area contributed by atoms with Gasteiger partial charge in [0.15, 0.2) is 11.5 Å². The van der Waals surface area contributed by atoms with E-state index in [-0.39, 0.29) is 17.9 Å². The van der Waals surface area contributed by atoms with Crippen molar-refractivity contribution in [3.05, 3.63) is 59.2 Å². The molecule has 0 unspecified atom stereocenters. The van der Waals surface area contributed by atoms with Gasteiger partial charge in [0.1, 0.15) is 0 Å². The molecule has 1 N–H and O–H groups in total. The van der Waals surface area contributed by atoms with E-state index in [1.54, 1.807) is 26.4 Å². The number of carbonyl (C=O) groups excluding carboxylic acids is 2. The molecule has 1 heterocycles. The van der Waals surface area contributed by atoms with Crippen molar-refractivity contribution in [2.45, 2.75) is 38.4 Å². The Morgan fingerprint density at radius 3 is 2.42 bits per heavy atom. The summed E-state index contributed by atoms with van der Waals surface area (Å²) in [5, 5.41) is 3.43. The average molecular weight is 427 g/mol. The number of nitrogens with one attached hydrogen (secondary N) is 1. The number of hydrogen-bond acceptors (Lipinski definition) is 6. The quantitative estimate of drug-likeness (QED) is 0.465. The SMILES string of the molecule is COC(=O)c1ccc(CNCC[C@@H]2CCC(=O)N2Cc2ccc(OC)c(OC)c2)cc1. The number of amides is 1. The van der Waals surface area contributed by atoms with Crippen LogP contribution < -0.4 is 14.8 Å². The van der Waals surface area contributed by atoms with E-state index in [1.807, 2.05) is 35.2 Å². The topological polar surface area (TPSA) is 77.1 Å². The minimum absolute atomic E-state index is 0.193. The molecule has 1 aliphatic heterocycles. The van der Waals surface area contributed by atoms with Crippen molar-refractivity contribution in [1.29, 1.82) is 0 Å². The third-order valence-corrected chi connectivity index (χ3v) is 5.61. The van der Waals surface area contributed by atoms with Crippen molar-refractivity contribution in [3.63, 3.8) is 0 Å². The first-order valence-electron chi connectivity index (χ1n) is 10.4. The number of esters is 1. The van der Waals surface area contributed by atoms with Gasteiger partial charge >= 0.3 is 5.97 Å². The highest BCUT2D eigenvalue weighted by Crippen LogP contribution is 2.30. The van der Waals surface area contributed by atoms with Crippen molar-refractivity contribution < 1.29 is 23.8 Å². The number of nitrogens with zero attached hydrogens (tertiary/aromatic N) is 1. The molecule has 2 aromatic rings. The standard InChI is InChI=1S/C24H30N2O5/c1-29-21-10-6-18(14-22(21)30-2)16-26-20(9-11-23(26)27)12-13-25-15-17-4-7-19(8-5-17)24(28)31-3/h4-8,10,14,20,25H,9,11-13,15-16H2,1-3H3/t20-/m0/s1. The second-order valence-corrected chi connectivity index (χ2v) is 7.56. The smallest absolute Gasteiger partial charge is 0.337 e. The van der Waals surface area contributed by atoms with E-state index in [4.69, 9.17) is 14.2 Å². The minimum atomic E-state index is -0.333. The normalized spacial score (nSPS) is 15.8. The van der Waals surface area contributed by atoms with E-state index in [0.29, 0.717) is 36.6 Å². The maximum atomic E-state index is 12.4. The zero-order valence-corrected chi connectivity index (χ0v) is 18.3. The van der Waals surface area contributed by atoms with Crippen molar-refractivity contribution in [3.8, 4) is 11.5 Å². The van der Waals surface area contributed by atoms with Gasteiger partial charge < -0.3 is 24.4 Å². The van der Waals surface area contributed by atoms with Crippen molar-refractivity contribution in [1.82, 2.24) is 10.2 Å². The largest absolute Gasteiger partial charge is 0.493 e. The first-order valence-corrected chi connectivity index (χ1v) is 10.4. The Bertz CT molecular complexity index is 897. The van der Waals surface area contributed by atoms with Crippen LogP contribution in [0, 0.1) is 0 Å². The number of benzene rings is 2. The molecule has 0 aromatic heterocycles. The lowest BCUT2D eigenvalue weighted by molar-refractivity contribution is -0.129. The Labute approximate surface area is 183 Å². The molecule has 1 atom stereocenters. The van der Waals surface area contributed by atoms with E-state index in [2.05, 4.69) is 5.32 Å². The van der Waals surface area contributed by atoms with Crippen LogP contribution in [0.3, 0.4) is 0 Å². The first kappa shape index (κ1) is 22.6. The monoisotopic (exact) mass is 426 g/mol. The zero-order chi connectivity index (χ0) is 22.2. The molecule has 0 aliphatic carbocycles. The molecule has 1 saturated heterocycles. The molecule has 0 saturated carbocycles. The number of methoxy groups -OCH3 is 3. The van der Waals surface area contributed by atoms with E-state index < -0.39 is 0 Å². The zero-order valence-electron chi connectivity index (χ0n) is 18.3. The fourth-order valence-electron chi connectivity index (χ4n) is 3.86. The van der Waals surface area contributed by atoms with Gasteiger partial charge in [0.05, 0.1) is 26.9 Å². The summed E-state index contributed by atoms with van der Waals surface area (Å²) in [4.78, 5) is 25.9. The van der Waals surface area contributed by atoms with Gasteiger partial charge in [-0.3, -0.25) is 4.79 Å². The molecule has 3 rings (SSSR count). The van der Waals surface area contributed by atoms with E-state index in [0.717, 1.165) is 30.5 Å². The Morgan fingerprint density at radius 2 is 1.74 bits per heavy atom. The van der Waals surface area contributed by atoms with Gasteiger partial charge in [-0.15, -0.1) is 0 Å². The molecule has 0 spiro atoms. The van der Waals surface area contributed by atoms with Gasteiger partial charge in [0, 0.05) is 25.6 Å². The Balaban J connectivity index is 1.51. The predicted octanol–water partition coefficient (Wildman–Crippen LogP) is 3.16. The highest BCUT2D eigenvalue weighted by atomic mass is 16.5. The van der Waals surface area contributed by atoms with E-state index in [9.17, 15) is 9.59 Å². The summed E-state index contributed by atoms with van der Waals surface area (Å²) >= 11 is 0. The summed E-state index contributed by atoms with van der Waals surface area (Å²) in [5.41, 5.74) is 2.66. The van der Waals surface area contributed by atoms with Gasteiger partial charge in [0.2, 0.25) is 5.91 Å². The Kier molecular flexibility index (Phi) is 7.89. The molecule has 1 aliphatic rings. The fourth-order valence-corrected chi connectivity index (χ4v) is 3.86. The van der Waals surface area contributed by atoms with Crippen LogP contribution in [0.1, 0.15) is 40.7 Å². The average Bonchev–Trinajstić information content (AvgIpc) is 3.15. The maximum Gasteiger partial charge on any atom is 0.337 e. The number of ether oxygens (including phenoxy) is 3. The third-order valence-electron chi connectivity index (χ3n) is 5.61.